The molecule has 0 amide bonds. The van der Waals surface area contributed by atoms with Crippen molar-refractivity contribution in [3.63, 3.8) is 0 Å². The Morgan fingerprint density at radius 1 is 1.16 bits per heavy atom. The van der Waals surface area contributed by atoms with Crippen molar-refractivity contribution in [1.29, 1.82) is 0 Å². The van der Waals surface area contributed by atoms with Crippen LogP contribution in [0.5, 0.6) is 0 Å². The molecule has 0 saturated heterocycles. The summed E-state index contributed by atoms with van der Waals surface area (Å²) in [5, 5.41) is 2.61. The lowest BCUT2D eigenvalue weighted by Crippen LogP contribution is -2.24. The summed E-state index contributed by atoms with van der Waals surface area (Å²) in [5.74, 6) is 5.81. The molecule has 25 heavy (non-hydrogen) atoms. The molecule has 0 radical (unpaired) electrons. The third kappa shape index (κ3) is 5.32. The smallest absolute Gasteiger partial charge is 0.138 e. The average molecular weight is 343 g/mol. The Morgan fingerprint density at radius 3 is 2.48 bits per heavy atom. The molecule has 0 aliphatic rings. The SMILES string of the molecule is CC.CF.N/C=C\N(N)Cc1cc2c(-c3ccccc3)ccnc2[nH]1. The lowest BCUT2D eigenvalue weighted by atomic mass is 10.0. The molecule has 0 fully saturated rings. The van der Waals surface area contributed by atoms with E-state index in [2.05, 4.69) is 28.2 Å². The zero-order valence-electron chi connectivity index (χ0n) is 14.9. The molecule has 5 N–H and O–H groups in total. The third-order valence-corrected chi connectivity index (χ3v) is 3.30. The zero-order valence-corrected chi connectivity index (χ0v) is 14.9. The van der Waals surface area contributed by atoms with Crippen LogP contribution < -0.4 is 11.6 Å². The van der Waals surface area contributed by atoms with Crippen LogP contribution in [0.1, 0.15) is 19.5 Å². The summed E-state index contributed by atoms with van der Waals surface area (Å²) in [6, 6.07) is 14.4. The normalized spacial score (nSPS) is 9.96. The fourth-order valence-corrected chi connectivity index (χ4v) is 2.40. The number of nitrogens with two attached hydrogens (primary N) is 2. The van der Waals surface area contributed by atoms with E-state index < -0.39 is 0 Å². The molecule has 0 bridgehead atoms. The molecule has 0 spiro atoms. The van der Waals surface area contributed by atoms with E-state index in [0.717, 1.165) is 22.3 Å². The molecule has 5 nitrogen and oxygen atoms in total. The van der Waals surface area contributed by atoms with Gasteiger partial charge in [0.15, 0.2) is 0 Å². The van der Waals surface area contributed by atoms with Crippen molar-refractivity contribution < 1.29 is 4.39 Å². The van der Waals surface area contributed by atoms with Gasteiger partial charge in [-0.1, -0.05) is 44.2 Å². The minimum absolute atomic E-state index is 0.500. The number of halogens is 1. The van der Waals surface area contributed by atoms with Crippen molar-refractivity contribution in [1.82, 2.24) is 15.0 Å². The van der Waals surface area contributed by atoms with Gasteiger partial charge < -0.3 is 15.7 Å². The van der Waals surface area contributed by atoms with Crippen molar-refractivity contribution >= 4 is 11.0 Å². The van der Waals surface area contributed by atoms with Crippen LogP contribution in [0.15, 0.2) is 61.1 Å². The van der Waals surface area contributed by atoms with Crippen molar-refractivity contribution in [2.45, 2.75) is 20.4 Å². The highest BCUT2D eigenvalue weighted by molar-refractivity contribution is 5.93. The summed E-state index contributed by atoms with van der Waals surface area (Å²) in [6.45, 7) is 4.54. The molecule has 3 aromatic rings. The molecule has 1 aromatic carbocycles. The molecule has 2 aromatic heterocycles. The van der Waals surface area contributed by atoms with Crippen LogP contribution in [-0.2, 0) is 6.54 Å². The molecule has 2 heterocycles. The number of fused-ring (bicyclic) bond motifs is 1. The number of nitrogens with one attached hydrogen (secondary N) is 1. The number of benzene rings is 1. The lowest BCUT2D eigenvalue weighted by Gasteiger charge is -2.10. The summed E-state index contributed by atoms with van der Waals surface area (Å²) in [5.41, 5.74) is 9.50. The molecule has 3 rings (SSSR count). The van der Waals surface area contributed by atoms with Crippen LogP contribution in [0.25, 0.3) is 22.2 Å². The van der Waals surface area contributed by atoms with Crippen molar-refractivity contribution in [3.8, 4) is 11.1 Å². The molecule has 0 aliphatic carbocycles. The fraction of sp³-hybridized carbons (Fsp3) is 0.211. The molecule has 134 valence electrons. The number of aromatic nitrogens is 2. The Bertz CT molecular complexity index is 768. The minimum Gasteiger partial charge on any atom is -0.403 e. The lowest BCUT2D eigenvalue weighted by molar-refractivity contribution is 0.382. The summed E-state index contributed by atoms with van der Waals surface area (Å²) in [7, 11) is 0.500. The second-order valence-electron chi connectivity index (χ2n) is 4.80. The number of hydrazine groups is 1. The Balaban J connectivity index is 0.000000730. The maximum absolute atomic E-state index is 9.50. The largest absolute Gasteiger partial charge is 0.403 e. The van der Waals surface area contributed by atoms with E-state index in [-0.39, 0.29) is 0 Å². The first-order chi connectivity index (χ1) is 12.3. The van der Waals surface area contributed by atoms with Crippen LogP contribution in [0.4, 0.5) is 4.39 Å². The van der Waals surface area contributed by atoms with Crippen molar-refractivity contribution in [3.05, 3.63) is 66.8 Å². The molecule has 0 saturated carbocycles. The van der Waals surface area contributed by atoms with Crippen LogP contribution in [-0.4, -0.2) is 22.2 Å². The Labute approximate surface area is 148 Å². The first-order valence-corrected chi connectivity index (χ1v) is 8.07. The summed E-state index contributed by atoms with van der Waals surface area (Å²) < 4.78 is 9.50. The van der Waals surface area contributed by atoms with Gasteiger partial charge in [0.1, 0.15) is 5.65 Å². The van der Waals surface area contributed by atoms with Crippen LogP contribution in [0.2, 0.25) is 0 Å². The molecule has 0 unspecified atom stereocenters. The predicted octanol–water partition coefficient (Wildman–Crippen LogP) is 3.95. The van der Waals surface area contributed by atoms with Gasteiger partial charge in [-0.2, -0.15) is 0 Å². The number of rotatable bonds is 4. The van der Waals surface area contributed by atoms with Gasteiger partial charge in [0.25, 0.3) is 0 Å². The molecular weight excluding hydrogens is 317 g/mol. The fourth-order valence-electron chi connectivity index (χ4n) is 2.40. The van der Waals surface area contributed by atoms with Gasteiger partial charge in [-0.05, 0) is 23.3 Å². The van der Waals surface area contributed by atoms with Gasteiger partial charge in [-0.15, -0.1) is 0 Å². The van der Waals surface area contributed by atoms with Gasteiger partial charge in [0.05, 0.1) is 13.7 Å². The van der Waals surface area contributed by atoms with Gasteiger partial charge in [-0.3, -0.25) is 4.39 Å². The van der Waals surface area contributed by atoms with Gasteiger partial charge in [-0.25, -0.2) is 10.8 Å². The highest BCUT2D eigenvalue weighted by atomic mass is 19.1. The first-order valence-electron chi connectivity index (χ1n) is 8.07. The number of hydrogen-bond donors (Lipinski definition) is 3. The average Bonchev–Trinajstić information content (AvgIpc) is 3.08. The number of nitrogens with zero attached hydrogens (tertiary/aromatic N) is 2. The van der Waals surface area contributed by atoms with Gasteiger partial charge in [0, 0.05) is 29.7 Å². The molecule has 0 atom stereocenters. The van der Waals surface area contributed by atoms with E-state index >= 15 is 0 Å². The summed E-state index contributed by atoms with van der Waals surface area (Å²) in [6.07, 6.45) is 4.85. The van der Waals surface area contributed by atoms with Crippen LogP contribution >= 0.6 is 0 Å². The zero-order chi connectivity index (χ0) is 18.7. The van der Waals surface area contributed by atoms with Gasteiger partial charge in [0.2, 0.25) is 0 Å². The highest BCUT2D eigenvalue weighted by Gasteiger charge is 2.08. The molecular formula is C19H26FN5. The summed E-state index contributed by atoms with van der Waals surface area (Å²) >= 11 is 0. The molecule has 0 aliphatic heterocycles. The van der Waals surface area contributed by atoms with E-state index in [4.69, 9.17) is 11.6 Å². The number of H-pyrrole nitrogens is 1. The quantitative estimate of drug-likeness (QED) is 0.495. The van der Waals surface area contributed by atoms with Crippen molar-refractivity contribution in [2.75, 3.05) is 7.18 Å². The Hall–Kier alpha value is -2.86. The second-order valence-corrected chi connectivity index (χ2v) is 4.80. The monoisotopic (exact) mass is 343 g/mol. The number of aromatic amines is 1. The number of alkyl halides is 1. The standard InChI is InChI=1S/C16H17N5.C2H6.CH3F/c17-7-9-21(18)11-13-10-15-14(6-8-19-16(15)20-13)12-4-2-1-3-5-12;2*1-2/h1-10H,11,17-18H2,(H,19,20);1-2H3;1H3/b9-7-;;. The Morgan fingerprint density at radius 2 is 1.84 bits per heavy atom. The van der Waals surface area contributed by atoms with Crippen LogP contribution in [0.3, 0.4) is 0 Å². The summed E-state index contributed by atoms with van der Waals surface area (Å²) in [4.78, 5) is 7.67. The Kier molecular flexibility index (Phi) is 8.74. The van der Waals surface area contributed by atoms with E-state index in [1.807, 2.05) is 44.3 Å². The van der Waals surface area contributed by atoms with E-state index in [9.17, 15) is 4.39 Å². The highest BCUT2D eigenvalue weighted by Crippen LogP contribution is 2.27. The van der Waals surface area contributed by atoms with E-state index in [1.54, 1.807) is 6.20 Å². The molecule has 6 heteroatoms. The van der Waals surface area contributed by atoms with Crippen molar-refractivity contribution in [2.24, 2.45) is 11.6 Å². The predicted molar refractivity (Wildman–Crippen MR) is 103 cm³/mol. The van der Waals surface area contributed by atoms with Crippen LogP contribution in [0, 0.1) is 0 Å². The maximum atomic E-state index is 9.50. The minimum atomic E-state index is 0.500. The van der Waals surface area contributed by atoms with E-state index in [1.165, 1.54) is 16.8 Å². The topological polar surface area (TPSA) is 84.0 Å². The van der Waals surface area contributed by atoms with E-state index in [0.29, 0.717) is 13.7 Å². The first kappa shape index (κ1) is 20.2. The number of pyridine rings is 1. The number of hydrogen-bond acceptors (Lipinski definition) is 4. The van der Waals surface area contributed by atoms with Gasteiger partial charge >= 0.3 is 0 Å². The third-order valence-electron chi connectivity index (χ3n) is 3.30. The second kappa shape index (κ2) is 10.8. The maximum Gasteiger partial charge on any atom is 0.138 e.